The van der Waals surface area contributed by atoms with E-state index in [1.807, 2.05) is 6.07 Å². The third-order valence-electron chi connectivity index (χ3n) is 4.28. The monoisotopic (exact) mass is 286 g/mol. The molecule has 110 valence electrons. The van der Waals surface area contributed by atoms with Gasteiger partial charge in [0.1, 0.15) is 0 Å². The number of rotatable bonds is 2. The SMILES string of the molecule is CC1CN(c2ccc([N+](=O)[O-])c3ccncc23)CCC1N. The van der Waals surface area contributed by atoms with Gasteiger partial charge in [0, 0.05) is 48.7 Å². The van der Waals surface area contributed by atoms with Crippen LogP contribution in [-0.2, 0) is 0 Å². The molecule has 0 radical (unpaired) electrons. The Hall–Kier alpha value is -2.21. The lowest BCUT2D eigenvalue weighted by Crippen LogP contribution is -2.46. The summed E-state index contributed by atoms with van der Waals surface area (Å²) in [7, 11) is 0. The predicted molar refractivity (Wildman–Crippen MR) is 82.4 cm³/mol. The molecule has 0 spiro atoms. The number of nitro benzene ring substituents is 1. The molecular weight excluding hydrogens is 268 g/mol. The Morgan fingerprint density at radius 3 is 2.90 bits per heavy atom. The summed E-state index contributed by atoms with van der Waals surface area (Å²) in [6.07, 6.45) is 4.23. The Labute approximate surface area is 122 Å². The number of hydrogen-bond donors (Lipinski definition) is 1. The molecule has 6 heteroatoms. The van der Waals surface area contributed by atoms with Gasteiger partial charge in [0.15, 0.2) is 0 Å². The highest BCUT2D eigenvalue weighted by Crippen LogP contribution is 2.34. The van der Waals surface area contributed by atoms with Gasteiger partial charge in [0.05, 0.1) is 10.3 Å². The third kappa shape index (κ3) is 2.42. The first-order chi connectivity index (χ1) is 10.1. The van der Waals surface area contributed by atoms with Crippen molar-refractivity contribution in [3.63, 3.8) is 0 Å². The number of benzene rings is 1. The van der Waals surface area contributed by atoms with Crippen LogP contribution in [-0.4, -0.2) is 29.0 Å². The molecule has 0 bridgehead atoms. The van der Waals surface area contributed by atoms with Gasteiger partial charge in [-0.15, -0.1) is 0 Å². The number of pyridine rings is 1. The van der Waals surface area contributed by atoms with Crippen molar-refractivity contribution in [3.8, 4) is 0 Å². The van der Waals surface area contributed by atoms with E-state index >= 15 is 0 Å². The van der Waals surface area contributed by atoms with Crippen LogP contribution in [0.3, 0.4) is 0 Å². The van der Waals surface area contributed by atoms with Gasteiger partial charge in [0.2, 0.25) is 0 Å². The summed E-state index contributed by atoms with van der Waals surface area (Å²) >= 11 is 0. The van der Waals surface area contributed by atoms with E-state index in [2.05, 4.69) is 16.8 Å². The maximum atomic E-state index is 11.2. The summed E-state index contributed by atoms with van der Waals surface area (Å²) < 4.78 is 0. The summed E-state index contributed by atoms with van der Waals surface area (Å²) in [5.41, 5.74) is 7.19. The molecule has 1 fully saturated rings. The first kappa shape index (κ1) is 13.8. The zero-order valence-electron chi connectivity index (χ0n) is 11.9. The predicted octanol–water partition coefficient (Wildman–Crippen LogP) is 2.32. The largest absolute Gasteiger partial charge is 0.371 e. The molecule has 1 aliphatic rings. The van der Waals surface area contributed by atoms with Crippen LogP contribution in [0.4, 0.5) is 11.4 Å². The number of aromatic nitrogens is 1. The molecular formula is C15H18N4O2. The molecule has 0 saturated carbocycles. The van der Waals surface area contributed by atoms with Gasteiger partial charge in [-0.05, 0) is 24.5 Å². The van der Waals surface area contributed by atoms with E-state index in [0.29, 0.717) is 11.3 Å². The maximum absolute atomic E-state index is 11.2. The summed E-state index contributed by atoms with van der Waals surface area (Å²) in [6, 6.07) is 5.34. The van der Waals surface area contributed by atoms with E-state index in [9.17, 15) is 10.1 Å². The van der Waals surface area contributed by atoms with Crippen molar-refractivity contribution in [2.75, 3.05) is 18.0 Å². The lowest BCUT2D eigenvalue weighted by atomic mass is 9.94. The fraction of sp³-hybridized carbons (Fsp3) is 0.400. The Morgan fingerprint density at radius 1 is 1.38 bits per heavy atom. The van der Waals surface area contributed by atoms with Crippen LogP contribution in [0.1, 0.15) is 13.3 Å². The van der Waals surface area contributed by atoms with E-state index in [-0.39, 0.29) is 16.7 Å². The number of nitrogens with two attached hydrogens (primary N) is 1. The average molecular weight is 286 g/mol. The highest BCUT2D eigenvalue weighted by Gasteiger charge is 2.25. The van der Waals surface area contributed by atoms with Gasteiger partial charge in [-0.1, -0.05) is 6.92 Å². The fourth-order valence-corrected chi connectivity index (χ4v) is 2.98. The van der Waals surface area contributed by atoms with E-state index in [4.69, 9.17) is 5.73 Å². The van der Waals surface area contributed by atoms with Crippen molar-refractivity contribution in [2.24, 2.45) is 11.7 Å². The van der Waals surface area contributed by atoms with E-state index < -0.39 is 0 Å². The molecule has 1 aromatic carbocycles. The molecule has 2 N–H and O–H groups in total. The zero-order chi connectivity index (χ0) is 15.0. The number of nitro groups is 1. The van der Waals surface area contributed by atoms with Crippen molar-refractivity contribution >= 4 is 22.1 Å². The minimum absolute atomic E-state index is 0.123. The normalized spacial score (nSPS) is 22.5. The minimum atomic E-state index is -0.346. The molecule has 0 aliphatic carbocycles. The second-order valence-electron chi connectivity index (χ2n) is 5.66. The summed E-state index contributed by atoms with van der Waals surface area (Å²) in [5.74, 6) is 0.403. The molecule has 2 atom stereocenters. The number of non-ortho nitro benzene ring substituents is 1. The summed E-state index contributed by atoms with van der Waals surface area (Å²) in [4.78, 5) is 17.2. The second kappa shape index (κ2) is 5.29. The van der Waals surface area contributed by atoms with E-state index in [0.717, 1.165) is 30.6 Å². The van der Waals surface area contributed by atoms with Crippen molar-refractivity contribution in [1.29, 1.82) is 0 Å². The summed E-state index contributed by atoms with van der Waals surface area (Å²) in [6.45, 7) is 3.87. The van der Waals surface area contributed by atoms with Crippen LogP contribution in [0.25, 0.3) is 10.8 Å². The van der Waals surface area contributed by atoms with Gasteiger partial charge >= 0.3 is 0 Å². The van der Waals surface area contributed by atoms with Gasteiger partial charge in [-0.25, -0.2) is 0 Å². The number of hydrogen-bond acceptors (Lipinski definition) is 5. The van der Waals surface area contributed by atoms with Crippen molar-refractivity contribution in [1.82, 2.24) is 4.98 Å². The van der Waals surface area contributed by atoms with Gasteiger partial charge < -0.3 is 10.6 Å². The molecule has 0 amide bonds. The lowest BCUT2D eigenvalue weighted by Gasteiger charge is -2.37. The van der Waals surface area contributed by atoms with Gasteiger partial charge in [-0.3, -0.25) is 15.1 Å². The van der Waals surface area contributed by atoms with Crippen molar-refractivity contribution in [3.05, 3.63) is 40.7 Å². The molecule has 1 aliphatic heterocycles. The highest BCUT2D eigenvalue weighted by atomic mass is 16.6. The number of fused-ring (bicyclic) bond motifs is 1. The lowest BCUT2D eigenvalue weighted by molar-refractivity contribution is -0.383. The number of piperidine rings is 1. The summed E-state index contributed by atoms with van der Waals surface area (Å²) in [5, 5.41) is 12.6. The quantitative estimate of drug-likeness (QED) is 0.676. The standard InChI is InChI=1S/C15H18N4O2/c1-10-9-18(7-5-13(10)16)14-2-3-15(19(20)21)11-4-6-17-8-12(11)14/h2-4,6,8,10,13H,5,7,9,16H2,1H3. The minimum Gasteiger partial charge on any atom is -0.371 e. The van der Waals surface area contributed by atoms with Crippen LogP contribution in [0, 0.1) is 16.0 Å². The zero-order valence-corrected chi connectivity index (χ0v) is 11.9. The smallest absolute Gasteiger partial charge is 0.277 e. The third-order valence-corrected chi connectivity index (χ3v) is 4.28. The van der Waals surface area contributed by atoms with Gasteiger partial charge in [-0.2, -0.15) is 0 Å². The van der Waals surface area contributed by atoms with E-state index in [1.165, 1.54) is 0 Å². The van der Waals surface area contributed by atoms with Gasteiger partial charge in [0.25, 0.3) is 5.69 Å². The molecule has 21 heavy (non-hydrogen) atoms. The molecule has 2 unspecified atom stereocenters. The molecule has 6 nitrogen and oxygen atoms in total. The fourth-order valence-electron chi connectivity index (χ4n) is 2.98. The van der Waals surface area contributed by atoms with Crippen LogP contribution < -0.4 is 10.6 Å². The number of anilines is 1. The van der Waals surface area contributed by atoms with Crippen LogP contribution in [0.15, 0.2) is 30.6 Å². The van der Waals surface area contributed by atoms with Crippen LogP contribution in [0.2, 0.25) is 0 Å². The number of nitrogens with zero attached hydrogens (tertiary/aromatic N) is 3. The van der Waals surface area contributed by atoms with Crippen molar-refractivity contribution < 1.29 is 4.92 Å². The molecule has 2 heterocycles. The Bertz CT molecular complexity index is 688. The van der Waals surface area contributed by atoms with E-state index in [1.54, 1.807) is 24.5 Å². The van der Waals surface area contributed by atoms with Crippen molar-refractivity contribution in [2.45, 2.75) is 19.4 Å². The maximum Gasteiger partial charge on any atom is 0.277 e. The first-order valence-corrected chi connectivity index (χ1v) is 7.09. The molecule has 1 aromatic heterocycles. The molecule has 2 aromatic rings. The Kier molecular flexibility index (Phi) is 3.47. The molecule has 3 rings (SSSR count). The van der Waals surface area contributed by atoms with Crippen LogP contribution >= 0.6 is 0 Å². The molecule has 1 saturated heterocycles. The second-order valence-corrected chi connectivity index (χ2v) is 5.66. The Morgan fingerprint density at radius 2 is 2.19 bits per heavy atom. The average Bonchev–Trinajstić information content (AvgIpc) is 2.49. The topological polar surface area (TPSA) is 85.3 Å². The highest BCUT2D eigenvalue weighted by molar-refractivity contribution is 5.99. The first-order valence-electron chi connectivity index (χ1n) is 7.09. The van der Waals surface area contributed by atoms with Crippen LogP contribution in [0.5, 0.6) is 0 Å². The Balaban J connectivity index is 2.08.